The molecule has 4 bridgehead atoms. The van der Waals surface area contributed by atoms with Gasteiger partial charge in [0.15, 0.2) is 0 Å². The predicted octanol–water partition coefficient (Wildman–Crippen LogP) is 13.4. The van der Waals surface area contributed by atoms with Gasteiger partial charge < -0.3 is 4.90 Å². The Labute approximate surface area is 301 Å². The van der Waals surface area contributed by atoms with Gasteiger partial charge in [0.2, 0.25) is 0 Å². The van der Waals surface area contributed by atoms with Crippen molar-refractivity contribution in [2.24, 2.45) is 23.7 Å². The zero-order valence-corrected chi connectivity index (χ0v) is 28.9. The molecule has 7 aromatic carbocycles. The summed E-state index contributed by atoms with van der Waals surface area (Å²) in [6, 6.07) is 61.4. The van der Waals surface area contributed by atoms with E-state index >= 15 is 0 Å². The molecule has 1 spiro atoms. The van der Waals surface area contributed by atoms with Crippen LogP contribution in [-0.4, -0.2) is 0 Å². The number of rotatable bonds is 5. The van der Waals surface area contributed by atoms with E-state index in [0.717, 1.165) is 23.7 Å². The zero-order chi connectivity index (χ0) is 33.5. The number of nitrogens with zero attached hydrogens (tertiary/aromatic N) is 1. The fourth-order valence-corrected chi connectivity index (χ4v) is 11.6. The molecule has 5 aliphatic rings. The highest BCUT2D eigenvalue weighted by Crippen LogP contribution is 2.70. The van der Waals surface area contributed by atoms with Crippen molar-refractivity contribution in [2.45, 2.75) is 37.5 Å². The molecule has 1 nitrogen and oxygen atoms in total. The number of benzene rings is 7. The maximum absolute atomic E-state index is 2.57. The van der Waals surface area contributed by atoms with Gasteiger partial charge in [-0.1, -0.05) is 140 Å². The van der Waals surface area contributed by atoms with Crippen molar-refractivity contribution in [3.8, 4) is 33.4 Å². The Morgan fingerprint density at radius 3 is 1.78 bits per heavy atom. The molecule has 0 unspecified atom stereocenters. The van der Waals surface area contributed by atoms with Crippen molar-refractivity contribution >= 4 is 27.8 Å². The highest BCUT2D eigenvalue weighted by atomic mass is 15.1. The van der Waals surface area contributed by atoms with Gasteiger partial charge in [-0.25, -0.2) is 0 Å². The largest absolute Gasteiger partial charge is 0.309 e. The quantitative estimate of drug-likeness (QED) is 0.178. The molecule has 246 valence electrons. The standard InChI is InChI=1S/C50H41N/c1-2-12-36(13-3-1)43-17-7-9-22-47(43)51(40-26-24-37(25-27-40)42-19-10-15-35-14-4-5-16-41(35)42)48-23-11-21-46-49(48)44-18-6-8-20-45(44)50(46)38-29-33-28-34(31-38)32-39(50)30-33/h1-27,33-34,38-39H,28-32H2. The van der Waals surface area contributed by atoms with E-state index in [1.807, 2.05) is 0 Å². The van der Waals surface area contributed by atoms with Crippen LogP contribution in [0.2, 0.25) is 0 Å². The molecule has 1 heteroatoms. The molecule has 0 amide bonds. The first-order chi connectivity index (χ1) is 25.3. The van der Waals surface area contributed by atoms with Crippen molar-refractivity contribution in [3.05, 3.63) is 175 Å². The number of para-hydroxylation sites is 1. The summed E-state index contributed by atoms with van der Waals surface area (Å²) in [4.78, 5) is 2.57. The highest BCUT2D eigenvalue weighted by molar-refractivity contribution is 6.00. The van der Waals surface area contributed by atoms with E-state index in [-0.39, 0.29) is 5.41 Å². The van der Waals surface area contributed by atoms with Crippen LogP contribution in [0.25, 0.3) is 44.2 Å². The highest BCUT2D eigenvalue weighted by Gasteiger charge is 2.61. The SMILES string of the molecule is c1ccc(-c2ccccc2N(c2ccc(-c3cccc4ccccc34)cc2)c2cccc3c2-c2ccccc2C32C3CC4CC(C3)CC2C4)cc1. The number of hydrogen-bond donors (Lipinski definition) is 0. The third-order valence-corrected chi connectivity index (χ3v) is 13.3. The van der Waals surface area contributed by atoms with E-state index in [1.54, 1.807) is 11.1 Å². The lowest BCUT2D eigenvalue weighted by atomic mass is 9.43. The average Bonchev–Trinajstić information content (AvgIpc) is 3.49. The minimum Gasteiger partial charge on any atom is -0.309 e. The second-order valence-electron chi connectivity index (χ2n) is 15.7. The second kappa shape index (κ2) is 11.3. The number of anilines is 3. The molecule has 0 heterocycles. The summed E-state index contributed by atoms with van der Waals surface area (Å²) >= 11 is 0. The molecule has 4 saturated carbocycles. The lowest BCUT2D eigenvalue weighted by Gasteiger charge is -2.61. The van der Waals surface area contributed by atoms with E-state index in [4.69, 9.17) is 0 Å². The first kappa shape index (κ1) is 29.3. The fourth-order valence-electron chi connectivity index (χ4n) is 11.6. The third kappa shape index (κ3) is 4.27. The minimum atomic E-state index is 0.123. The van der Waals surface area contributed by atoms with Gasteiger partial charge in [0, 0.05) is 22.2 Å². The van der Waals surface area contributed by atoms with Gasteiger partial charge in [0.25, 0.3) is 0 Å². The lowest BCUT2D eigenvalue weighted by molar-refractivity contribution is -0.0399. The monoisotopic (exact) mass is 655 g/mol. The van der Waals surface area contributed by atoms with Crippen LogP contribution >= 0.6 is 0 Å². The summed E-state index contributed by atoms with van der Waals surface area (Å²) in [5.74, 6) is 3.31. The van der Waals surface area contributed by atoms with E-state index in [9.17, 15) is 0 Å². The van der Waals surface area contributed by atoms with E-state index in [1.165, 1.54) is 93.3 Å². The summed E-state index contributed by atoms with van der Waals surface area (Å²) < 4.78 is 0. The van der Waals surface area contributed by atoms with E-state index in [0.29, 0.717) is 0 Å². The van der Waals surface area contributed by atoms with Crippen LogP contribution in [-0.2, 0) is 5.41 Å². The van der Waals surface area contributed by atoms with Gasteiger partial charge in [-0.05, 0) is 124 Å². The molecule has 5 aliphatic carbocycles. The first-order valence-corrected chi connectivity index (χ1v) is 19.0. The van der Waals surface area contributed by atoms with Gasteiger partial charge >= 0.3 is 0 Å². The van der Waals surface area contributed by atoms with Gasteiger partial charge in [0.05, 0.1) is 11.4 Å². The Balaban J connectivity index is 1.14. The molecule has 0 radical (unpaired) electrons. The molecule has 0 aliphatic heterocycles. The Hall–Kier alpha value is -5.40. The van der Waals surface area contributed by atoms with Crippen molar-refractivity contribution in [1.82, 2.24) is 0 Å². The van der Waals surface area contributed by atoms with Gasteiger partial charge in [-0.15, -0.1) is 0 Å². The van der Waals surface area contributed by atoms with Crippen LogP contribution in [0.15, 0.2) is 164 Å². The van der Waals surface area contributed by atoms with Crippen LogP contribution in [0.3, 0.4) is 0 Å². The normalized spacial score (nSPS) is 23.8. The smallest absolute Gasteiger partial charge is 0.0543 e. The van der Waals surface area contributed by atoms with Crippen LogP contribution < -0.4 is 4.90 Å². The van der Waals surface area contributed by atoms with Gasteiger partial charge in [0.1, 0.15) is 0 Å². The van der Waals surface area contributed by atoms with Gasteiger partial charge in [-0.3, -0.25) is 0 Å². The topological polar surface area (TPSA) is 3.24 Å². The van der Waals surface area contributed by atoms with Crippen LogP contribution in [0, 0.1) is 23.7 Å². The first-order valence-electron chi connectivity index (χ1n) is 19.0. The maximum Gasteiger partial charge on any atom is 0.0543 e. The van der Waals surface area contributed by atoms with Crippen molar-refractivity contribution in [2.75, 3.05) is 4.90 Å². The Kier molecular flexibility index (Phi) is 6.50. The summed E-state index contributed by atoms with van der Waals surface area (Å²) in [5.41, 5.74) is 14.9. The molecular weight excluding hydrogens is 615 g/mol. The molecule has 0 saturated heterocycles. The van der Waals surface area contributed by atoms with Crippen LogP contribution in [0.5, 0.6) is 0 Å². The zero-order valence-electron chi connectivity index (χ0n) is 28.9. The average molecular weight is 656 g/mol. The molecule has 7 aromatic rings. The molecule has 4 fully saturated rings. The molecule has 0 aromatic heterocycles. The van der Waals surface area contributed by atoms with Crippen molar-refractivity contribution in [3.63, 3.8) is 0 Å². The predicted molar refractivity (Wildman–Crippen MR) is 213 cm³/mol. The summed E-state index contributed by atoms with van der Waals surface area (Å²) in [7, 11) is 0. The molecular formula is C50H41N. The number of fused-ring (bicyclic) bond motifs is 4. The molecule has 0 N–H and O–H groups in total. The van der Waals surface area contributed by atoms with Gasteiger partial charge in [-0.2, -0.15) is 0 Å². The third-order valence-electron chi connectivity index (χ3n) is 13.3. The molecule has 51 heavy (non-hydrogen) atoms. The second-order valence-corrected chi connectivity index (χ2v) is 15.7. The molecule has 0 atom stereocenters. The fraction of sp³-hybridized carbons (Fsp3) is 0.200. The Morgan fingerprint density at radius 2 is 0.980 bits per heavy atom. The lowest BCUT2D eigenvalue weighted by Crippen LogP contribution is -2.55. The Morgan fingerprint density at radius 1 is 0.412 bits per heavy atom. The van der Waals surface area contributed by atoms with E-state index in [2.05, 4.69) is 169 Å². The van der Waals surface area contributed by atoms with E-state index < -0.39 is 0 Å². The van der Waals surface area contributed by atoms with Crippen molar-refractivity contribution in [1.29, 1.82) is 0 Å². The summed E-state index contributed by atoms with van der Waals surface area (Å²) in [5, 5.41) is 2.56. The Bertz CT molecular complexity index is 2400. The number of hydrogen-bond acceptors (Lipinski definition) is 1. The van der Waals surface area contributed by atoms with Crippen LogP contribution in [0.1, 0.15) is 43.2 Å². The summed E-state index contributed by atoms with van der Waals surface area (Å²) in [6.07, 6.45) is 7.03. The summed E-state index contributed by atoms with van der Waals surface area (Å²) in [6.45, 7) is 0. The van der Waals surface area contributed by atoms with Crippen molar-refractivity contribution < 1.29 is 0 Å². The minimum absolute atomic E-state index is 0.123. The molecule has 12 rings (SSSR count). The maximum atomic E-state index is 2.57. The van der Waals surface area contributed by atoms with Crippen LogP contribution in [0.4, 0.5) is 17.1 Å².